The number of anilines is 2. The van der Waals surface area contributed by atoms with Crippen molar-refractivity contribution in [3.05, 3.63) is 22.2 Å². The van der Waals surface area contributed by atoms with Crippen LogP contribution < -0.4 is 11.1 Å². The number of rotatable bonds is 5. The maximum Gasteiger partial charge on any atom is 0.223 e. The summed E-state index contributed by atoms with van der Waals surface area (Å²) in [5, 5.41) is 16.5. The number of thiophene rings is 1. The van der Waals surface area contributed by atoms with Gasteiger partial charge in [0.2, 0.25) is 5.89 Å². The maximum absolute atomic E-state index is 11.4. The summed E-state index contributed by atoms with van der Waals surface area (Å²) in [6.07, 6.45) is 0.551. The highest BCUT2D eigenvalue weighted by Gasteiger charge is 2.18. The highest BCUT2D eigenvalue weighted by atomic mass is 32.1. The molecule has 2 heterocycles. The van der Waals surface area contributed by atoms with Crippen LogP contribution in [0.25, 0.3) is 0 Å². The van der Waals surface area contributed by atoms with Crippen LogP contribution in [0.15, 0.2) is 4.52 Å². The van der Waals surface area contributed by atoms with E-state index < -0.39 is 0 Å². The summed E-state index contributed by atoms with van der Waals surface area (Å²) in [6.45, 7) is 3.66. The topological polar surface area (TPSA) is 118 Å². The van der Waals surface area contributed by atoms with Crippen LogP contribution in [-0.4, -0.2) is 22.5 Å². The second kappa shape index (κ2) is 5.71. The average molecular weight is 291 g/mol. The lowest BCUT2D eigenvalue weighted by molar-refractivity contribution is 0.102. The van der Waals surface area contributed by atoms with E-state index in [9.17, 15) is 4.79 Å². The molecule has 0 amide bonds. The SMILES string of the molecule is CC(=O)c1sc(NCCc2noc(C)n2)c(C#N)c1N. The first kappa shape index (κ1) is 14.0. The Morgan fingerprint density at radius 2 is 2.35 bits per heavy atom. The second-order valence-electron chi connectivity index (χ2n) is 4.12. The molecule has 0 saturated heterocycles. The van der Waals surface area contributed by atoms with E-state index in [-0.39, 0.29) is 11.5 Å². The van der Waals surface area contributed by atoms with Gasteiger partial charge in [0.1, 0.15) is 16.6 Å². The summed E-state index contributed by atoms with van der Waals surface area (Å²) >= 11 is 1.19. The number of nitrogens with two attached hydrogens (primary N) is 1. The summed E-state index contributed by atoms with van der Waals surface area (Å²) in [7, 11) is 0. The third-order valence-corrected chi connectivity index (χ3v) is 3.84. The molecule has 0 aromatic carbocycles. The number of nitriles is 1. The largest absolute Gasteiger partial charge is 0.396 e. The van der Waals surface area contributed by atoms with Gasteiger partial charge in [0.15, 0.2) is 11.6 Å². The molecule has 3 N–H and O–H groups in total. The van der Waals surface area contributed by atoms with Crippen LogP contribution in [0.1, 0.15) is 33.9 Å². The van der Waals surface area contributed by atoms with Gasteiger partial charge in [-0.05, 0) is 0 Å². The number of nitrogens with one attached hydrogen (secondary N) is 1. The summed E-state index contributed by atoms with van der Waals surface area (Å²) in [6, 6.07) is 2.01. The lowest BCUT2D eigenvalue weighted by Gasteiger charge is -2.01. The average Bonchev–Trinajstić information content (AvgIpc) is 2.94. The zero-order valence-corrected chi connectivity index (χ0v) is 11.9. The summed E-state index contributed by atoms with van der Waals surface area (Å²) in [4.78, 5) is 15.9. The zero-order valence-electron chi connectivity index (χ0n) is 11.1. The molecule has 7 nitrogen and oxygen atoms in total. The molecular formula is C12H13N5O2S. The highest BCUT2D eigenvalue weighted by Crippen LogP contribution is 2.35. The van der Waals surface area contributed by atoms with E-state index in [1.54, 1.807) is 6.92 Å². The number of nitrogens with zero attached hydrogens (tertiary/aromatic N) is 3. The van der Waals surface area contributed by atoms with Gasteiger partial charge in [0.05, 0.1) is 10.6 Å². The molecule has 0 aliphatic rings. The van der Waals surface area contributed by atoms with Crippen LogP contribution in [0.2, 0.25) is 0 Å². The molecule has 2 rings (SSSR count). The number of ketones is 1. The van der Waals surface area contributed by atoms with E-state index in [1.165, 1.54) is 18.3 Å². The van der Waals surface area contributed by atoms with E-state index in [0.717, 1.165) is 0 Å². The molecule has 0 saturated carbocycles. The number of carbonyl (C=O) groups is 1. The van der Waals surface area contributed by atoms with E-state index >= 15 is 0 Å². The van der Waals surface area contributed by atoms with Crippen molar-refractivity contribution in [3.63, 3.8) is 0 Å². The van der Waals surface area contributed by atoms with Crippen LogP contribution in [0.4, 0.5) is 10.7 Å². The van der Waals surface area contributed by atoms with Gasteiger partial charge in [0, 0.05) is 26.8 Å². The molecule has 0 aliphatic heterocycles. The van der Waals surface area contributed by atoms with Gasteiger partial charge in [-0.3, -0.25) is 4.79 Å². The summed E-state index contributed by atoms with van der Waals surface area (Å²) < 4.78 is 4.86. The van der Waals surface area contributed by atoms with E-state index in [0.29, 0.717) is 40.1 Å². The number of nitrogen functional groups attached to an aromatic ring is 1. The Hall–Kier alpha value is -2.40. The third-order valence-electron chi connectivity index (χ3n) is 2.58. The molecule has 0 atom stereocenters. The van der Waals surface area contributed by atoms with Crippen molar-refractivity contribution < 1.29 is 9.32 Å². The van der Waals surface area contributed by atoms with Crippen molar-refractivity contribution in [1.82, 2.24) is 10.1 Å². The molecule has 8 heteroatoms. The lowest BCUT2D eigenvalue weighted by Crippen LogP contribution is -2.06. The van der Waals surface area contributed by atoms with Crippen LogP contribution >= 0.6 is 11.3 Å². The van der Waals surface area contributed by atoms with Crippen molar-refractivity contribution in [3.8, 4) is 6.07 Å². The van der Waals surface area contributed by atoms with Gasteiger partial charge >= 0.3 is 0 Å². The Bertz CT molecular complexity index is 683. The predicted molar refractivity (Wildman–Crippen MR) is 74.7 cm³/mol. The number of aryl methyl sites for hydroxylation is 1. The monoisotopic (exact) mass is 291 g/mol. The van der Waals surface area contributed by atoms with Crippen molar-refractivity contribution in [2.45, 2.75) is 20.3 Å². The van der Waals surface area contributed by atoms with Crippen LogP contribution in [0, 0.1) is 18.3 Å². The molecule has 104 valence electrons. The van der Waals surface area contributed by atoms with Gasteiger partial charge in [0.25, 0.3) is 0 Å². The Labute approximate surface area is 119 Å². The lowest BCUT2D eigenvalue weighted by atomic mass is 10.2. The van der Waals surface area contributed by atoms with Gasteiger partial charge < -0.3 is 15.6 Å². The number of Topliss-reactive ketones (excluding diaryl/α,β-unsaturated/α-hetero) is 1. The maximum atomic E-state index is 11.4. The van der Waals surface area contributed by atoms with Crippen molar-refractivity contribution >= 4 is 27.8 Å². The fourth-order valence-electron chi connectivity index (χ4n) is 1.67. The normalized spacial score (nSPS) is 10.2. The first-order valence-corrected chi connectivity index (χ1v) is 6.71. The molecule has 2 aromatic heterocycles. The van der Waals surface area contributed by atoms with Crippen molar-refractivity contribution in [2.75, 3.05) is 17.6 Å². The predicted octanol–water partition coefficient (Wildman–Crippen LogP) is 1.75. The molecule has 0 bridgehead atoms. The van der Waals surface area contributed by atoms with Crippen LogP contribution in [0.5, 0.6) is 0 Å². The molecule has 20 heavy (non-hydrogen) atoms. The first-order valence-electron chi connectivity index (χ1n) is 5.89. The number of aromatic nitrogens is 2. The van der Waals surface area contributed by atoms with Crippen molar-refractivity contribution in [1.29, 1.82) is 5.26 Å². The van der Waals surface area contributed by atoms with E-state index in [1.807, 2.05) is 6.07 Å². The first-order chi connectivity index (χ1) is 9.52. The minimum absolute atomic E-state index is 0.147. The van der Waals surface area contributed by atoms with Gasteiger partial charge in [-0.25, -0.2) is 0 Å². The van der Waals surface area contributed by atoms with Crippen molar-refractivity contribution in [2.24, 2.45) is 0 Å². The molecule has 0 spiro atoms. The smallest absolute Gasteiger partial charge is 0.223 e. The van der Waals surface area contributed by atoms with Gasteiger partial charge in [-0.2, -0.15) is 10.2 Å². The quantitative estimate of drug-likeness (QED) is 0.805. The second-order valence-corrected chi connectivity index (χ2v) is 5.14. The third kappa shape index (κ3) is 2.78. The fraction of sp³-hybridized carbons (Fsp3) is 0.333. The Morgan fingerprint density at radius 3 is 2.90 bits per heavy atom. The fourth-order valence-corrected chi connectivity index (χ4v) is 2.66. The Balaban J connectivity index is 2.08. The highest BCUT2D eigenvalue weighted by molar-refractivity contribution is 7.18. The Kier molecular flexibility index (Phi) is 4.00. The number of hydrogen-bond donors (Lipinski definition) is 2. The molecular weight excluding hydrogens is 278 g/mol. The summed E-state index contributed by atoms with van der Waals surface area (Å²) in [5.74, 6) is 0.951. The van der Waals surface area contributed by atoms with E-state index in [4.69, 9.17) is 15.5 Å². The number of carbonyl (C=O) groups excluding carboxylic acids is 1. The Morgan fingerprint density at radius 1 is 1.60 bits per heavy atom. The van der Waals surface area contributed by atoms with E-state index in [2.05, 4.69) is 15.5 Å². The molecule has 0 fully saturated rings. The van der Waals surface area contributed by atoms with Crippen LogP contribution in [0.3, 0.4) is 0 Å². The zero-order chi connectivity index (χ0) is 14.7. The van der Waals surface area contributed by atoms with Gasteiger partial charge in [-0.15, -0.1) is 11.3 Å². The standard InChI is InChI=1S/C12H13N5O2S/c1-6(18)11-10(14)8(5-13)12(20-11)15-4-3-9-16-7(2)19-17-9/h15H,3-4,14H2,1-2H3. The minimum atomic E-state index is -0.147. The minimum Gasteiger partial charge on any atom is -0.396 e. The molecule has 0 radical (unpaired) electrons. The van der Waals surface area contributed by atoms with Crippen LogP contribution in [-0.2, 0) is 6.42 Å². The molecule has 0 aliphatic carbocycles. The van der Waals surface area contributed by atoms with Gasteiger partial charge in [-0.1, -0.05) is 5.16 Å². The number of hydrogen-bond acceptors (Lipinski definition) is 8. The molecule has 2 aromatic rings. The molecule has 0 unspecified atom stereocenters. The summed E-state index contributed by atoms with van der Waals surface area (Å²) in [5.41, 5.74) is 6.34.